The van der Waals surface area contributed by atoms with Crippen LogP contribution in [0.25, 0.3) is 12.2 Å². The number of nitrogens with zero attached hydrogens (tertiary/aromatic N) is 3. The van der Waals surface area contributed by atoms with E-state index in [-0.39, 0.29) is 34.0 Å². The molecule has 15 heteroatoms. The van der Waals surface area contributed by atoms with E-state index in [1.54, 1.807) is 0 Å². The van der Waals surface area contributed by atoms with Crippen molar-refractivity contribution >= 4 is 49.5 Å². The molecule has 0 radical (unpaired) electrons. The van der Waals surface area contributed by atoms with Crippen LogP contribution >= 0.6 is 0 Å². The Bertz CT molecular complexity index is 1600. The molecule has 3 aromatic rings. The van der Waals surface area contributed by atoms with Crippen molar-refractivity contribution in [2.24, 2.45) is 10.2 Å². The van der Waals surface area contributed by atoms with Gasteiger partial charge in [0.1, 0.15) is 27.0 Å². The zero-order valence-electron chi connectivity index (χ0n) is 17.2. The highest BCUT2D eigenvalue weighted by molar-refractivity contribution is 7.86. The van der Waals surface area contributed by atoms with Crippen LogP contribution < -0.4 is 0 Å². The average Bonchev–Trinajstić information content (AvgIpc) is 2.76. The van der Waals surface area contributed by atoms with E-state index >= 15 is 0 Å². The minimum Gasteiger partial charge on any atom is -0.508 e. The highest BCUT2D eigenvalue weighted by atomic mass is 32.2. The van der Waals surface area contributed by atoms with Crippen LogP contribution in [0, 0.1) is 10.1 Å². The number of phenols is 2. The van der Waals surface area contributed by atoms with Crippen LogP contribution in [0.2, 0.25) is 0 Å². The number of hydrogen-bond donors (Lipinski definition) is 4. The molecule has 0 heterocycles. The Morgan fingerprint density at radius 1 is 0.771 bits per heavy atom. The second-order valence-electron chi connectivity index (χ2n) is 6.86. The standard InChI is InChI=1S/C20H15N3O10S2/c24-16-7-8-17(18(25)11-16)22-21-14-5-3-12(19(9-14)34(28,29)30)1-2-13-4-6-15(23(26)27)10-20(13)35(31,32)33/h1-11,24-25H,(H,28,29,30)(H,31,32,33). The number of aromatic hydroxyl groups is 2. The van der Waals surface area contributed by atoms with Crippen molar-refractivity contribution in [1.82, 2.24) is 0 Å². The van der Waals surface area contributed by atoms with Crippen LogP contribution in [-0.4, -0.2) is 41.1 Å². The summed E-state index contributed by atoms with van der Waals surface area (Å²) in [6.45, 7) is 0. The predicted molar refractivity (Wildman–Crippen MR) is 122 cm³/mol. The van der Waals surface area contributed by atoms with Gasteiger partial charge in [-0.3, -0.25) is 19.2 Å². The lowest BCUT2D eigenvalue weighted by Crippen LogP contribution is -2.02. The number of non-ortho nitro benzene ring substituents is 1. The summed E-state index contributed by atoms with van der Waals surface area (Å²) in [6.07, 6.45) is 2.18. The lowest BCUT2D eigenvalue weighted by atomic mass is 10.1. The van der Waals surface area contributed by atoms with Crippen molar-refractivity contribution in [2.75, 3.05) is 0 Å². The summed E-state index contributed by atoms with van der Waals surface area (Å²) in [5.41, 5.74) is -0.973. The van der Waals surface area contributed by atoms with E-state index in [0.717, 1.165) is 36.4 Å². The van der Waals surface area contributed by atoms with E-state index in [0.29, 0.717) is 6.07 Å². The van der Waals surface area contributed by atoms with Gasteiger partial charge >= 0.3 is 0 Å². The molecule has 0 aromatic heterocycles. The molecule has 182 valence electrons. The number of nitro benzene ring substituents is 1. The molecule has 0 aliphatic rings. The molecule has 35 heavy (non-hydrogen) atoms. The first kappa shape index (κ1) is 25.4. The highest BCUT2D eigenvalue weighted by Gasteiger charge is 2.20. The number of phenolic OH excluding ortho intramolecular Hbond substituents is 2. The first-order chi connectivity index (χ1) is 16.3. The van der Waals surface area contributed by atoms with Gasteiger partial charge in [0.15, 0.2) is 0 Å². The molecule has 4 N–H and O–H groups in total. The van der Waals surface area contributed by atoms with E-state index < -0.39 is 40.6 Å². The molecule has 0 fully saturated rings. The zero-order chi connectivity index (χ0) is 26.0. The molecule has 0 aliphatic heterocycles. The fourth-order valence-electron chi connectivity index (χ4n) is 2.83. The van der Waals surface area contributed by atoms with E-state index in [2.05, 4.69) is 10.2 Å². The quantitative estimate of drug-likeness (QED) is 0.115. The van der Waals surface area contributed by atoms with Gasteiger partial charge in [-0.25, -0.2) is 0 Å². The Labute approximate surface area is 198 Å². The highest BCUT2D eigenvalue weighted by Crippen LogP contribution is 2.32. The van der Waals surface area contributed by atoms with Gasteiger partial charge in [-0.15, -0.1) is 5.11 Å². The number of benzene rings is 3. The molecule has 0 amide bonds. The van der Waals surface area contributed by atoms with Gasteiger partial charge in [-0.2, -0.15) is 21.9 Å². The number of rotatable bonds is 7. The van der Waals surface area contributed by atoms with Gasteiger partial charge in [0.2, 0.25) is 0 Å². The van der Waals surface area contributed by atoms with E-state index in [1.807, 2.05) is 0 Å². The van der Waals surface area contributed by atoms with E-state index in [4.69, 9.17) is 0 Å². The zero-order valence-corrected chi connectivity index (χ0v) is 18.9. The summed E-state index contributed by atoms with van der Waals surface area (Å²) in [6, 6.07) is 9.65. The molecule has 3 aromatic carbocycles. The predicted octanol–water partition coefficient (Wildman–Crippen LogP) is 4.09. The molecule has 0 saturated heterocycles. The van der Waals surface area contributed by atoms with Crippen molar-refractivity contribution in [1.29, 1.82) is 0 Å². The van der Waals surface area contributed by atoms with E-state index in [1.165, 1.54) is 24.3 Å². The van der Waals surface area contributed by atoms with Crippen molar-refractivity contribution in [3.63, 3.8) is 0 Å². The SMILES string of the molecule is O=[N+]([O-])c1ccc(C=Cc2ccc(N=Nc3ccc(O)cc3O)cc2S(=O)(=O)O)c(S(=O)(=O)O)c1. The van der Waals surface area contributed by atoms with Gasteiger partial charge in [0, 0.05) is 18.2 Å². The van der Waals surface area contributed by atoms with Gasteiger partial charge in [-0.05, 0) is 41.5 Å². The van der Waals surface area contributed by atoms with Gasteiger partial charge in [-0.1, -0.05) is 18.2 Å². The Morgan fingerprint density at radius 2 is 1.34 bits per heavy atom. The van der Waals surface area contributed by atoms with Crippen molar-refractivity contribution in [3.8, 4) is 11.5 Å². The van der Waals surface area contributed by atoms with Gasteiger partial charge in [0.25, 0.3) is 25.9 Å². The lowest BCUT2D eigenvalue weighted by Gasteiger charge is -2.06. The Balaban J connectivity index is 2.03. The third kappa shape index (κ3) is 6.24. The number of nitro groups is 1. The van der Waals surface area contributed by atoms with Crippen molar-refractivity contribution in [2.45, 2.75) is 9.79 Å². The third-order valence-electron chi connectivity index (χ3n) is 4.44. The number of azo groups is 1. The summed E-state index contributed by atoms with van der Waals surface area (Å²) in [7, 11) is -9.67. The molecule has 13 nitrogen and oxygen atoms in total. The topological polar surface area (TPSA) is 217 Å². The molecular formula is C20H15N3O10S2. The minimum absolute atomic E-state index is 0.0314. The van der Waals surface area contributed by atoms with Crippen molar-refractivity contribution < 1.29 is 41.1 Å². The van der Waals surface area contributed by atoms with Crippen LogP contribution in [0.3, 0.4) is 0 Å². The normalized spacial score (nSPS) is 12.4. The Kier molecular flexibility index (Phi) is 6.97. The minimum atomic E-state index is -4.87. The van der Waals surface area contributed by atoms with E-state index in [9.17, 15) is 46.3 Å². The molecule has 0 atom stereocenters. The number of hydrogen-bond acceptors (Lipinski definition) is 10. The van der Waals surface area contributed by atoms with Crippen molar-refractivity contribution in [3.05, 3.63) is 75.8 Å². The smallest absolute Gasteiger partial charge is 0.295 e. The Morgan fingerprint density at radius 3 is 1.89 bits per heavy atom. The van der Waals surface area contributed by atoms with Crippen LogP contribution in [-0.2, 0) is 20.2 Å². The van der Waals surface area contributed by atoms with Crippen LogP contribution in [0.4, 0.5) is 17.1 Å². The summed E-state index contributed by atoms with van der Waals surface area (Å²) in [5.74, 6) is -0.600. The second kappa shape index (κ2) is 9.59. The fraction of sp³-hybridized carbons (Fsp3) is 0. The maximum absolute atomic E-state index is 11.9. The van der Waals surface area contributed by atoms with Crippen LogP contribution in [0.15, 0.2) is 74.6 Å². The largest absolute Gasteiger partial charge is 0.508 e. The first-order valence-corrected chi connectivity index (χ1v) is 12.1. The summed E-state index contributed by atoms with van der Waals surface area (Å²) in [5, 5.41) is 37.5. The molecule has 0 saturated carbocycles. The van der Waals surface area contributed by atoms with Crippen LogP contribution in [0.1, 0.15) is 11.1 Å². The molecule has 0 bridgehead atoms. The molecule has 3 rings (SSSR count). The molecule has 0 unspecified atom stereocenters. The summed E-state index contributed by atoms with van der Waals surface area (Å²) >= 11 is 0. The fourth-order valence-corrected chi connectivity index (χ4v) is 4.24. The maximum atomic E-state index is 11.9. The monoisotopic (exact) mass is 521 g/mol. The average molecular weight is 521 g/mol. The second-order valence-corrected chi connectivity index (χ2v) is 9.64. The lowest BCUT2D eigenvalue weighted by molar-refractivity contribution is -0.385. The van der Waals surface area contributed by atoms with Gasteiger partial charge in [0.05, 0.1) is 10.6 Å². The third-order valence-corrected chi connectivity index (χ3v) is 6.25. The maximum Gasteiger partial charge on any atom is 0.295 e. The summed E-state index contributed by atoms with van der Waals surface area (Å²) < 4.78 is 66.1. The summed E-state index contributed by atoms with van der Waals surface area (Å²) in [4.78, 5) is 8.64. The molecule has 0 spiro atoms. The molecule has 0 aliphatic carbocycles. The first-order valence-electron chi connectivity index (χ1n) is 9.25. The Hall–Kier alpha value is -4.18. The molecular weight excluding hydrogens is 506 g/mol. The van der Waals surface area contributed by atoms with Gasteiger partial charge < -0.3 is 10.2 Å². The van der Waals surface area contributed by atoms with Crippen LogP contribution in [0.5, 0.6) is 11.5 Å².